The summed E-state index contributed by atoms with van der Waals surface area (Å²) in [5.41, 5.74) is 6.94. The Labute approximate surface area is 91.2 Å². The molecule has 0 saturated carbocycles. The lowest BCUT2D eigenvalue weighted by atomic mass is 10.4. The third-order valence-corrected chi connectivity index (χ3v) is 1.94. The Bertz CT molecular complexity index is 483. The van der Waals surface area contributed by atoms with Gasteiger partial charge in [-0.3, -0.25) is 5.10 Å². The van der Waals surface area contributed by atoms with Crippen LogP contribution in [0.4, 0.5) is 5.69 Å². The van der Waals surface area contributed by atoms with Gasteiger partial charge in [-0.2, -0.15) is 0 Å². The van der Waals surface area contributed by atoms with Gasteiger partial charge in [-0.25, -0.2) is 4.98 Å². The van der Waals surface area contributed by atoms with Gasteiger partial charge < -0.3 is 10.5 Å². The molecule has 6 heteroatoms. The molecule has 0 bridgehead atoms. The van der Waals surface area contributed by atoms with Crippen LogP contribution in [0.3, 0.4) is 0 Å². The summed E-state index contributed by atoms with van der Waals surface area (Å²) in [5, 5.41) is 7.12. The molecule has 5 nitrogen and oxygen atoms in total. The number of hydrogen-bond donors (Lipinski definition) is 2. The molecule has 2 rings (SSSR count). The fourth-order valence-electron chi connectivity index (χ4n) is 1.07. The molecule has 3 N–H and O–H groups in total. The number of rotatable bonds is 2. The van der Waals surface area contributed by atoms with Crippen LogP contribution < -0.4 is 10.5 Å². The fourth-order valence-corrected chi connectivity index (χ4v) is 1.24. The lowest BCUT2D eigenvalue weighted by molar-refractivity contribution is 0.446. The van der Waals surface area contributed by atoms with Gasteiger partial charge in [0.1, 0.15) is 0 Å². The first kappa shape index (κ1) is 9.79. The Balaban J connectivity index is 2.24. The second-order valence-corrected chi connectivity index (χ2v) is 3.48. The zero-order chi connectivity index (χ0) is 10.8. The van der Waals surface area contributed by atoms with Gasteiger partial charge in [0.15, 0.2) is 0 Å². The zero-order valence-electron chi connectivity index (χ0n) is 7.99. The van der Waals surface area contributed by atoms with E-state index in [0.29, 0.717) is 22.5 Å². The summed E-state index contributed by atoms with van der Waals surface area (Å²) >= 11 is 5.70. The highest BCUT2D eigenvalue weighted by Crippen LogP contribution is 2.25. The average molecular weight is 225 g/mol. The Kier molecular flexibility index (Phi) is 2.47. The SMILES string of the molecule is Cc1cc(Oc2ncc(Cl)cc2N)n[nH]1. The van der Waals surface area contributed by atoms with E-state index in [4.69, 9.17) is 22.1 Å². The second-order valence-electron chi connectivity index (χ2n) is 3.04. The Hall–Kier alpha value is -1.75. The van der Waals surface area contributed by atoms with Crippen molar-refractivity contribution in [2.45, 2.75) is 6.92 Å². The number of ether oxygens (including phenoxy) is 1. The summed E-state index contributed by atoms with van der Waals surface area (Å²) in [4.78, 5) is 3.95. The normalized spacial score (nSPS) is 10.3. The molecule has 0 unspecified atom stereocenters. The van der Waals surface area contributed by atoms with Crippen molar-refractivity contribution >= 4 is 17.3 Å². The van der Waals surface area contributed by atoms with E-state index < -0.39 is 0 Å². The summed E-state index contributed by atoms with van der Waals surface area (Å²) in [5.74, 6) is 0.722. The van der Waals surface area contributed by atoms with Crippen LogP contribution >= 0.6 is 11.6 Å². The third-order valence-electron chi connectivity index (χ3n) is 1.73. The lowest BCUT2D eigenvalue weighted by Crippen LogP contribution is -1.94. The molecular formula is C9H9ClN4O. The van der Waals surface area contributed by atoms with Crippen molar-refractivity contribution in [3.05, 3.63) is 29.0 Å². The van der Waals surface area contributed by atoms with Crippen molar-refractivity contribution in [1.82, 2.24) is 15.2 Å². The van der Waals surface area contributed by atoms with Gasteiger partial charge in [0, 0.05) is 18.0 Å². The van der Waals surface area contributed by atoms with E-state index in [2.05, 4.69) is 15.2 Å². The maximum absolute atomic E-state index is 5.70. The number of aromatic amines is 1. The quantitative estimate of drug-likeness (QED) is 0.819. The number of pyridine rings is 1. The molecule has 2 heterocycles. The minimum Gasteiger partial charge on any atom is -0.417 e. The summed E-state index contributed by atoms with van der Waals surface area (Å²) in [6.45, 7) is 1.87. The van der Waals surface area contributed by atoms with E-state index in [1.807, 2.05) is 6.92 Å². The van der Waals surface area contributed by atoms with E-state index in [-0.39, 0.29) is 0 Å². The Morgan fingerprint density at radius 1 is 1.47 bits per heavy atom. The monoisotopic (exact) mass is 224 g/mol. The zero-order valence-corrected chi connectivity index (χ0v) is 8.75. The van der Waals surface area contributed by atoms with Crippen molar-refractivity contribution < 1.29 is 4.74 Å². The third kappa shape index (κ3) is 2.19. The Morgan fingerprint density at radius 2 is 2.27 bits per heavy atom. The second kappa shape index (κ2) is 3.78. The van der Waals surface area contributed by atoms with Crippen LogP contribution in [0.25, 0.3) is 0 Å². The van der Waals surface area contributed by atoms with E-state index >= 15 is 0 Å². The molecule has 2 aromatic rings. The molecule has 0 atom stereocenters. The summed E-state index contributed by atoms with van der Waals surface area (Å²) < 4.78 is 5.35. The van der Waals surface area contributed by atoms with Crippen LogP contribution in [0.15, 0.2) is 18.3 Å². The first-order valence-corrected chi connectivity index (χ1v) is 4.64. The Morgan fingerprint density at radius 3 is 2.87 bits per heavy atom. The molecule has 0 aliphatic carbocycles. The molecule has 78 valence electrons. The molecule has 0 aliphatic heterocycles. The average Bonchev–Trinajstić information content (AvgIpc) is 2.56. The largest absolute Gasteiger partial charge is 0.417 e. The number of hydrogen-bond acceptors (Lipinski definition) is 4. The van der Waals surface area contributed by atoms with Crippen molar-refractivity contribution in [3.8, 4) is 11.8 Å². The minimum atomic E-state index is 0.297. The highest BCUT2D eigenvalue weighted by Gasteiger charge is 2.06. The first-order valence-electron chi connectivity index (χ1n) is 4.26. The molecule has 15 heavy (non-hydrogen) atoms. The number of H-pyrrole nitrogens is 1. The molecule has 2 aromatic heterocycles. The number of aryl methyl sites for hydroxylation is 1. The molecule has 0 saturated heterocycles. The van der Waals surface area contributed by atoms with Gasteiger partial charge in [-0.05, 0) is 13.0 Å². The van der Waals surface area contributed by atoms with Crippen molar-refractivity contribution in [2.75, 3.05) is 5.73 Å². The van der Waals surface area contributed by atoms with E-state index in [1.54, 1.807) is 12.1 Å². The number of nitrogens with zero attached hydrogens (tertiary/aromatic N) is 2. The van der Waals surface area contributed by atoms with Crippen molar-refractivity contribution in [3.63, 3.8) is 0 Å². The number of nitrogens with one attached hydrogen (secondary N) is 1. The molecule has 0 fully saturated rings. The maximum Gasteiger partial charge on any atom is 0.244 e. The highest BCUT2D eigenvalue weighted by atomic mass is 35.5. The van der Waals surface area contributed by atoms with E-state index in [9.17, 15) is 0 Å². The summed E-state index contributed by atoms with van der Waals surface area (Å²) in [6, 6.07) is 3.32. The van der Waals surface area contributed by atoms with E-state index in [0.717, 1.165) is 5.69 Å². The van der Waals surface area contributed by atoms with Gasteiger partial charge in [0.05, 0.1) is 10.7 Å². The van der Waals surface area contributed by atoms with Crippen LogP contribution in [-0.2, 0) is 0 Å². The van der Waals surface area contributed by atoms with E-state index in [1.165, 1.54) is 6.20 Å². The fraction of sp³-hybridized carbons (Fsp3) is 0.111. The van der Waals surface area contributed by atoms with Crippen LogP contribution in [0, 0.1) is 6.92 Å². The summed E-state index contributed by atoms with van der Waals surface area (Å²) in [7, 11) is 0. The predicted molar refractivity (Wildman–Crippen MR) is 57.1 cm³/mol. The van der Waals surface area contributed by atoms with Crippen LogP contribution in [0.1, 0.15) is 5.69 Å². The van der Waals surface area contributed by atoms with Gasteiger partial charge >= 0.3 is 0 Å². The number of nitrogen functional groups attached to an aromatic ring is 1. The molecule has 0 aliphatic rings. The molecule has 0 amide bonds. The highest BCUT2D eigenvalue weighted by molar-refractivity contribution is 6.30. The first-order chi connectivity index (χ1) is 7.15. The molecule has 0 radical (unpaired) electrons. The topological polar surface area (TPSA) is 76.8 Å². The molecular weight excluding hydrogens is 216 g/mol. The minimum absolute atomic E-state index is 0.297. The standard InChI is InChI=1S/C9H9ClN4O/c1-5-2-8(14-13-5)15-9-7(11)3-6(10)4-12-9/h2-4H,11H2,1H3,(H,13,14). The van der Waals surface area contributed by atoms with Crippen LogP contribution in [0.5, 0.6) is 11.8 Å². The van der Waals surface area contributed by atoms with Gasteiger partial charge in [-0.1, -0.05) is 11.6 Å². The number of aromatic nitrogens is 3. The summed E-state index contributed by atoms with van der Waals surface area (Å²) in [6.07, 6.45) is 1.47. The maximum atomic E-state index is 5.70. The number of anilines is 1. The van der Waals surface area contributed by atoms with Crippen LogP contribution in [-0.4, -0.2) is 15.2 Å². The lowest BCUT2D eigenvalue weighted by Gasteiger charge is -2.03. The number of halogens is 1. The van der Waals surface area contributed by atoms with Crippen molar-refractivity contribution in [2.24, 2.45) is 0 Å². The van der Waals surface area contributed by atoms with Gasteiger partial charge in [0.25, 0.3) is 0 Å². The molecule has 0 aromatic carbocycles. The van der Waals surface area contributed by atoms with Crippen LogP contribution in [0.2, 0.25) is 5.02 Å². The molecule has 0 spiro atoms. The van der Waals surface area contributed by atoms with Gasteiger partial charge in [0.2, 0.25) is 11.8 Å². The van der Waals surface area contributed by atoms with Gasteiger partial charge in [-0.15, -0.1) is 5.10 Å². The predicted octanol–water partition coefficient (Wildman–Crippen LogP) is 2.14. The van der Waals surface area contributed by atoms with Crippen molar-refractivity contribution in [1.29, 1.82) is 0 Å². The number of nitrogens with two attached hydrogens (primary N) is 1. The smallest absolute Gasteiger partial charge is 0.244 e.